The number of hydrogen-bond acceptors (Lipinski definition) is 6. The zero-order chi connectivity index (χ0) is 24.4. The molecule has 8 nitrogen and oxygen atoms in total. The molecule has 0 aliphatic carbocycles. The van der Waals surface area contributed by atoms with E-state index in [0.717, 1.165) is 46.4 Å². The summed E-state index contributed by atoms with van der Waals surface area (Å²) in [6.45, 7) is 6.31. The van der Waals surface area contributed by atoms with Gasteiger partial charge in [0.2, 0.25) is 5.91 Å². The number of ether oxygens (including phenoxy) is 2. The Morgan fingerprint density at radius 1 is 1.18 bits per heavy atom. The molecule has 1 aliphatic rings. The summed E-state index contributed by atoms with van der Waals surface area (Å²) in [5.41, 5.74) is 2.51. The summed E-state index contributed by atoms with van der Waals surface area (Å²) in [4.78, 5) is 33.2. The van der Waals surface area contributed by atoms with Crippen LogP contribution in [0.5, 0.6) is 5.75 Å². The van der Waals surface area contributed by atoms with Crippen LogP contribution in [-0.2, 0) is 9.53 Å². The summed E-state index contributed by atoms with van der Waals surface area (Å²) in [7, 11) is 2.99. The highest BCUT2D eigenvalue weighted by molar-refractivity contribution is 9.10. The number of piperazine rings is 1. The van der Waals surface area contributed by atoms with Gasteiger partial charge >= 0.3 is 5.97 Å². The Morgan fingerprint density at radius 2 is 1.97 bits per heavy atom. The van der Waals surface area contributed by atoms with Crippen molar-refractivity contribution >= 4 is 50.1 Å². The molecular weight excluding hydrogens is 500 g/mol. The number of amides is 1. The Kier molecular flexibility index (Phi) is 7.13. The highest BCUT2D eigenvalue weighted by Crippen LogP contribution is 2.31. The van der Waals surface area contributed by atoms with E-state index in [2.05, 4.69) is 49.0 Å². The van der Waals surface area contributed by atoms with Crippen LogP contribution in [0.4, 0.5) is 11.4 Å². The van der Waals surface area contributed by atoms with Gasteiger partial charge in [0.05, 0.1) is 25.9 Å². The lowest BCUT2D eigenvalue weighted by molar-refractivity contribution is -0.121. The summed E-state index contributed by atoms with van der Waals surface area (Å²) >= 11 is 3.46. The number of esters is 1. The topological polar surface area (TPSA) is 86.9 Å². The molecule has 180 valence electrons. The molecule has 0 unspecified atom stereocenters. The predicted octanol–water partition coefficient (Wildman–Crippen LogP) is 4.26. The number of rotatable bonds is 6. The number of anilines is 2. The third-order valence-electron chi connectivity index (χ3n) is 6.37. The number of benzene rings is 2. The molecular formula is C25H29BrN4O4. The van der Waals surface area contributed by atoms with Gasteiger partial charge in [0.1, 0.15) is 11.4 Å². The fourth-order valence-electron chi connectivity index (χ4n) is 4.45. The zero-order valence-electron chi connectivity index (χ0n) is 19.7. The molecule has 1 amide bonds. The molecule has 2 atom stereocenters. The Hall–Kier alpha value is -3.04. The number of methoxy groups -OCH3 is 2. The number of H-pyrrole nitrogens is 1. The van der Waals surface area contributed by atoms with Crippen LogP contribution in [0.2, 0.25) is 0 Å². The van der Waals surface area contributed by atoms with Crippen LogP contribution in [0.3, 0.4) is 0 Å². The second kappa shape index (κ2) is 10.1. The first kappa shape index (κ1) is 24.1. The minimum atomic E-state index is -0.532. The van der Waals surface area contributed by atoms with Crippen molar-refractivity contribution in [2.45, 2.75) is 25.9 Å². The quantitative estimate of drug-likeness (QED) is 0.464. The van der Waals surface area contributed by atoms with Crippen molar-refractivity contribution in [3.63, 3.8) is 0 Å². The summed E-state index contributed by atoms with van der Waals surface area (Å²) in [5.74, 6) is 0.121. The van der Waals surface area contributed by atoms with Gasteiger partial charge in [0.25, 0.3) is 0 Å². The van der Waals surface area contributed by atoms with Crippen molar-refractivity contribution in [2.24, 2.45) is 0 Å². The number of aromatic nitrogens is 1. The fourth-order valence-corrected chi connectivity index (χ4v) is 4.81. The molecule has 2 aromatic carbocycles. The number of halogens is 1. The fraction of sp³-hybridized carbons (Fsp3) is 0.360. The molecule has 1 aromatic heterocycles. The first-order chi connectivity index (χ1) is 16.3. The summed E-state index contributed by atoms with van der Waals surface area (Å²) in [5, 5.41) is 3.72. The van der Waals surface area contributed by atoms with Gasteiger partial charge < -0.3 is 24.7 Å². The average Bonchev–Trinajstić information content (AvgIpc) is 3.20. The van der Waals surface area contributed by atoms with Crippen LogP contribution in [0, 0.1) is 0 Å². The van der Waals surface area contributed by atoms with Gasteiger partial charge in [-0.15, -0.1) is 0 Å². The van der Waals surface area contributed by atoms with E-state index in [1.807, 2.05) is 43.3 Å². The molecule has 1 aliphatic heterocycles. The van der Waals surface area contributed by atoms with E-state index in [1.54, 1.807) is 7.11 Å². The zero-order valence-corrected chi connectivity index (χ0v) is 21.3. The minimum Gasteiger partial charge on any atom is -0.497 e. The third-order valence-corrected chi connectivity index (χ3v) is 6.86. The van der Waals surface area contributed by atoms with Crippen LogP contribution in [-0.4, -0.2) is 67.7 Å². The van der Waals surface area contributed by atoms with Gasteiger partial charge in [-0.25, -0.2) is 4.79 Å². The number of hydrogen-bond donors (Lipinski definition) is 2. The van der Waals surface area contributed by atoms with E-state index in [1.165, 1.54) is 7.11 Å². The van der Waals surface area contributed by atoms with Crippen molar-refractivity contribution in [3.05, 3.63) is 52.6 Å². The maximum absolute atomic E-state index is 13.3. The molecule has 2 heterocycles. The van der Waals surface area contributed by atoms with Gasteiger partial charge in [-0.3, -0.25) is 9.69 Å². The predicted molar refractivity (Wildman–Crippen MR) is 137 cm³/mol. The monoisotopic (exact) mass is 528 g/mol. The van der Waals surface area contributed by atoms with E-state index < -0.39 is 5.97 Å². The van der Waals surface area contributed by atoms with Crippen molar-refractivity contribution in [1.82, 2.24) is 9.88 Å². The molecule has 9 heteroatoms. The minimum absolute atomic E-state index is 0.173. The van der Waals surface area contributed by atoms with Crippen molar-refractivity contribution in [1.29, 1.82) is 0 Å². The van der Waals surface area contributed by atoms with Gasteiger partial charge in [0, 0.05) is 52.8 Å². The molecule has 4 rings (SSSR count). The standard InChI is InChI=1S/C25H29BrN4O4/c1-15-14-29(10-11-30(15)18-6-5-7-19(13-18)33-3)16(2)24(31)28-22-20-12-17(26)8-9-21(20)27-23(22)25(32)34-4/h5-9,12-13,15-16,27H,10-11,14H2,1-4H3,(H,28,31)/t15-,16+/m0/s1. The molecule has 0 spiro atoms. The van der Waals surface area contributed by atoms with E-state index in [4.69, 9.17) is 9.47 Å². The van der Waals surface area contributed by atoms with E-state index in [-0.39, 0.29) is 23.7 Å². The van der Waals surface area contributed by atoms with Crippen LogP contribution < -0.4 is 15.0 Å². The largest absolute Gasteiger partial charge is 0.497 e. The first-order valence-electron chi connectivity index (χ1n) is 11.2. The second-order valence-corrected chi connectivity index (χ2v) is 9.38. The van der Waals surface area contributed by atoms with Crippen molar-refractivity contribution in [2.75, 3.05) is 44.1 Å². The molecule has 1 saturated heterocycles. The maximum Gasteiger partial charge on any atom is 0.356 e. The lowest BCUT2D eigenvalue weighted by Crippen LogP contribution is -2.56. The number of nitrogens with zero attached hydrogens (tertiary/aromatic N) is 2. The average molecular weight is 529 g/mol. The lowest BCUT2D eigenvalue weighted by Gasteiger charge is -2.43. The molecule has 1 fully saturated rings. The van der Waals surface area contributed by atoms with Crippen molar-refractivity contribution < 1.29 is 19.1 Å². The second-order valence-electron chi connectivity index (χ2n) is 8.46. The van der Waals surface area contributed by atoms with Gasteiger partial charge in [-0.05, 0) is 44.2 Å². The molecule has 0 bridgehead atoms. The number of nitrogens with one attached hydrogen (secondary N) is 2. The molecule has 0 radical (unpaired) electrons. The molecule has 34 heavy (non-hydrogen) atoms. The number of carbonyl (C=O) groups is 2. The van der Waals surface area contributed by atoms with E-state index >= 15 is 0 Å². The Morgan fingerprint density at radius 3 is 2.68 bits per heavy atom. The molecule has 3 aromatic rings. The lowest BCUT2D eigenvalue weighted by atomic mass is 10.1. The normalized spacial score (nSPS) is 17.4. The highest BCUT2D eigenvalue weighted by atomic mass is 79.9. The van der Waals surface area contributed by atoms with Crippen LogP contribution in [0.25, 0.3) is 10.9 Å². The highest BCUT2D eigenvalue weighted by Gasteiger charge is 2.31. The van der Waals surface area contributed by atoms with Crippen LogP contribution in [0.1, 0.15) is 24.3 Å². The van der Waals surface area contributed by atoms with Gasteiger partial charge in [-0.1, -0.05) is 22.0 Å². The summed E-state index contributed by atoms with van der Waals surface area (Å²) < 4.78 is 11.1. The summed E-state index contributed by atoms with van der Waals surface area (Å²) in [6.07, 6.45) is 0. The maximum atomic E-state index is 13.3. The summed E-state index contributed by atoms with van der Waals surface area (Å²) in [6, 6.07) is 13.5. The molecule has 0 saturated carbocycles. The Balaban J connectivity index is 1.50. The number of fused-ring (bicyclic) bond motifs is 1. The van der Waals surface area contributed by atoms with Crippen molar-refractivity contribution in [3.8, 4) is 5.75 Å². The van der Waals surface area contributed by atoms with E-state index in [9.17, 15) is 9.59 Å². The van der Waals surface area contributed by atoms with Crippen LogP contribution >= 0.6 is 15.9 Å². The third kappa shape index (κ3) is 4.76. The first-order valence-corrected chi connectivity index (χ1v) is 12.0. The SMILES string of the molecule is COC(=O)c1[nH]c2ccc(Br)cc2c1NC(=O)[C@@H](C)N1CCN(c2cccc(OC)c2)[C@@H](C)C1. The van der Waals surface area contributed by atoms with E-state index in [0.29, 0.717) is 5.69 Å². The number of carbonyl (C=O) groups excluding carboxylic acids is 2. The Bertz CT molecular complexity index is 1210. The smallest absolute Gasteiger partial charge is 0.356 e. The molecule has 2 N–H and O–H groups in total. The number of aromatic amines is 1. The van der Waals surface area contributed by atoms with Crippen LogP contribution in [0.15, 0.2) is 46.9 Å². The van der Waals surface area contributed by atoms with Gasteiger partial charge in [-0.2, -0.15) is 0 Å². The van der Waals surface area contributed by atoms with Gasteiger partial charge in [0.15, 0.2) is 0 Å². The Labute approximate surface area is 207 Å².